The van der Waals surface area contributed by atoms with Gasteiger partial charge >= 0.3 is 65.5 Å². The second kappa shape index (κ2) is 5.58. The van der Waals surface area contributed by atoms with Crippen molar-refractivity contribution in [3.8, 4) is 0 Å². The molecular formula is C7H11Cl2Zr. The fourth-order valence-electron chi connectivity index (χ4n) is 0.909. The van der Waals surface area contributed by atoms with Gasteiger partial charge < -0.3 is 0 Å². The summed E-state index contributed by atoms with van der Waals surface area (Å²) < 4.78 is 1.58. The van der Waals surface area contributed by atoms with Gasteiger partial charge in [0.15, 0.2) is 0 Å². The quantitative estimate of drug-likeness (QED) is 0.626. The topological polar surface area (TPSA) is 0 Å². The number of hydrogen-bond acceptors (Lipinski definition) is 0. The molecule has 1 unspecified atom stereocenters. The van der Waals surface area contributed by atoms with Crippen molar-refractivity contribution in [3.05, 3.63) is 21.0 Å². The van der Waals surface area contributed by atoms with Crippen molar-refractivity contribution in [1.29, 1.82) is 0 Å². The van der Waals surface area contributed by atoms with E-state index in [1.165, 1.54) is 5.57 Å². The zero-order valence-electron chi connectivity index (χ0n) is 6.05. The van der Waals surface area contributed by atoms with Crippen LogP contribution in [0.3, 0.4) is 0 Å². The second-order valence-corrected chi connectivity index (χ2v) is 3.72. The van der Waals surface area contributed by atoms with Gasteiger partial charge in [0, 0.05) is 0 Å². The van der Waals surface area contributed by atoms with Crippen molar-refractivity contribution in [2.75, 3.05) is 0 Å². The van der Waals surface area contributed by atoms with Gasteiger partial charge in [-0.1, -0.05) is 0 Å². The molecule has 1 atom stereocenters. The Morgan fingerprint density at radius 2 is 1.90 bits per heavy atom. The summed E-state index contributed by atoms with van der Waals surface area (Å²) in [7, 11) is 0. The zero-order chi connectivity index (χ0) is 6.15. The van der Waals surface area contributed by atoms with Crippen LogP contribution < -0.4 is 0 Å². The summed E-state index contributed by atoms with van der Waals surface area (Å²) in [5.74, 6) is 0.730. The van der Waals surface area contributed by atoms with Crippen LogP contribution in [-0.4, -0.2) is 0 Å². The van der Waals surface area contributed by atoms with Crippen LogP contribution in [0, 0.1) is 5.92 Å². The SMILES string of the molecule is CC1=CC(C)[C]([Zr])=C1.Cl.Cl. The summed E-state index contributed by atoms with van der Waals surface area (Å²) in [6, 6.07) is 0. The van der Waals surface area contributed by atoms with Crippen LogP contribution in [-0.2, 0) is 24.7 Å². The van der Waals surface area contributed by atoms with Crippen LogP contribution in [0.1, 0.15) is 13.8 Å². The molecule has 0 spiro atoms. The maximum absolute atomic E-state index is 2.31. The van der Waals surface area contributed by atoms with Crippen LogP contribution in [0.4, 0.5) is 0 Å². The average Bonchev–Trinajstić information content (AvgIpc) is 1.85. The first kappa shape index (κ1) is 13.5. The van der Waals surface area contributed by atoms with E-state index in [0.29, 0.717) is 0 Å². The molecule has 1 aliphatic carbocycles. The fraction of sp³-hybridized carbons (Fsp3) is 0.429. The molecule has 0 radical (unpaired) electrons. The summed E-state index contributed by atoms with van der Waals surface area (Å²) in [6.07, 6.45) is 4.59. The molecule has 0 aromatic carbocycles. The van der Waals surface area contributed by atoms with Gasteiger partial charge in [0.2, 0.25) is 0 Å². The molecular weight excluding hydrogens is 246 g/mol. The molecule has 57 valence electrons. The number of rotatable bonds is 0. The molecule has 0 aromatic heterocycles. The van der Waals surface area contributed by atoms with E-state index >= 15 is 0 Å². The normalized spacial score (nSPS) is 21.9. The van der Waals surface area contributed by atoms with Crippen LogP contribution in [0.2, 0.25) is 0 Å². The molecule has 0 fully saturated rings. The zero-order valence-corrected chi connectivity index (χ0v) is 10.1. The van der Waals surface area contributed by atoms with Crippen molar-refractivity contribution in [2.45, 2.75) is 13.8 Å². The minimum Gasteiger partial charge on any atom is -0.147 e. The molecule has 10 heavy (non-hydrogen) atoms. The first-order chi connectivity index (χ1) is 3.70. The van der Waals surface area contributed by atoms with E-state index in [0.717, 1.165) is 5.92 Å². The van der Waals surface area contributed by atoms with E-state index < -0.39 is 0 Å². The minimum atomic E-state index is 0. The van der Waals surface area contributed by atoms with Crippen LogP contribution in [0.5, 0.6) is 0 Å². The van der Waals surface area contributed by atoms with Gasteiger partial charge in [0.1, 0.15) is 0 Å². The first-order valence-electron chi connectivity index (χ1n) is 2.82. The van der Waals surface area contributed by atoms with Gasteiger partial charge in [-0.3, -0.25) is 0 Å². The summed E-state index contributed by atoms with van der Waals surface area (Å²) in [5, 5.41) is 0. The van der Waals surface area contributed by atoms with Crippen molar-refractivity contribution in [2.24, 2.45) is 5.92 Å². The van der Waals surface area contributed by atoms with Gasteiger partial charge in [-0.15, -0.1) is 24.8 Å². The first-order valence-corrected chi connectivity index (χ1v) is 4.04. The van der Waals surface area contributed by atoms with Gasteiger partial charge in [-0.2, -0.15) is 0 Å². The third-order valence-corrected chi connectivity index (χ3v) is 2.86. The maximum Gasteiger partial charge on any atom is -0.147 e. The molecule has 0 bridgehead atoms. The van der Waals surface area contributed by atoms with Crippen molar-refractivity contribution < 1.29 is 24.7 Å². The molecule has 0 saturated heterocycles. The van der Waals surface area contributed by atoms with Crippen molar-refractivity contribution in [3.63, 3.8) is 0 Å². The van der Waals surface area contributed by atoms with E-state index in [1.54, 1.807) is 28.0 Å². The predicted octanol–water partition coefficient (Wildman–Crippen LogP) is 2.86. The Morgan fingerprint density at radius 1 is 1.40 bits per heavy atom. The van der Waals surface area contributed by atoms with Gasteiger partial charge in [0.25, 0.3) is 0 Å². The number of allylic oxidation sites excluding steroid dienone is 4. The Hall–Kier alpha value is 0.943. The third kappa shape index (κ3) is 3.37. The summed E-state index contributed by atoms with van der Waals surface area (Å²) in [5.41, 5.74) is 1.43. The number of hydrogen-bond donors (Lipinski definition) is 0. The Kier molecular flexibility index (Phi) is 7.54. The Balaban J connectivity index is 0. The third-order valence-electron chi connectivity index (χ3n) is 1.39. The molecule has 1 aliphatic rings. The summed E-state index contributed by atoms with van der Waals surface area (Å²) >= 11 is 1.57. The molecule has 0 N–H and O–H groups in total. The van der Waals surface area contributed by atoms with Gasteiger partial charge in [0.05, 0.1) is 0 Å². The Bertz CT molecular complexity index is 161. The van der Waals surface area contributed by atoms with E-state index in [-0.39, 0.29) is 24.8 Å². The Morgan fingerprint density at radius 3 is 2.00 bits per heavy atom. The van der Waals surface area contributed by atoms with Crippen molar-refractivity contribution >= 4 is 24.8 Å². The van der Waals surface area contributed by atoms with Gasteiger partial charge in [-0.05, 0) is 0 Å². The minimum absolute atomic E-state index is 0. The molecule has 0 aromatic rings. The summed E-state index contributed by atoms with van der Waals surface area (Å²) in [6.45, 7) is 4.41. The van der Waals surface area contributed by atoms with Crippen LogP contribution in [0.25, 0.3) is 0 Å². The van der Waals surface area contributed by atoms with Crippen LogP contribution in [0.15, 0.2) is 21.0 Å². The number of halogens is 2. The fourth-order valence-corrected chi connectivity index (χ4v) is 1.67. The Labute approximate surface area is 89.8 Å². The van der Waals surface area contributed by atoms with Crippen LogP contribution >= 0.6 is 24.8 Å². The molecule has 0 heterocycles. The molecule has 1 rings (SSSR count). The maximum atomic E-state index is 2.31. The molecule has 0 saturated carbocycles. The van der Waals surface area contributed by atoms with E-state index in [9.17, 15) is 0 Å². The molecule has 3 heteroatoms. The standard InChI is InChI=1S/C7H9.2ClH.Zr/c1-6-3-4-7(2)5-6;;;/h3,5,7H,1-2H3;2*1H;. The summed E-state index contributed by atoms with van der Waals surface area (Å²) in [4.78, 5) is 0. The molecule has 0 aliphatic heterocycles. The smallest absolute Gasteiger partial charge is 0.147 e. The largest absolute Gasteiger partial charge is 0.147 e. The molecule has 0 amide bonds. The van der Waals surface area contributed by atoms with Gasteiger partial charge in [-0.25, -0.2) is 0 Å². The predicted molar refractivity (Wildman–Crippen MR) is 45.5 cm³/mol. The van der Waals surface area contributed by atoms with E-state index in [2.05, 4.69) is 26.0 Å². The molecule has 0 nitrogen and oxygen atoms in total. The van der Waals surface area contributed by atoms with E-state index in [1.807, 2.05) is 0 Å². The second-order valence-electron chi connectivity index (χ2n) is 2.30. The van der Waals surface area contributed by atoms with Crippen molar-refractivity contribution in [1.82, 2.24) is 0 Å². The van der Waals surface area contributed by atoms with E-state index in [4.69, 9.17) is 0 Å². The monoisotopic (exact) mass is 255 g/mol. The average molecular weight is 257 g/mol.